The number of hydrazine groups is 2. The molecule has 8 heteroatoms. The standard InChI is InChI=1S/C13H27N5O3/c1-17(21-18(2)19)15-9-6-10-8-4-12(11(10)7-9)13(5-8)14-16-20-3/h8-16,18H,4-7H2,1-3H3. The Hall–Kier alpha value is -0.320. The van der Waals surface area contributed by atoms with Crippen molar-refractivity contribution >= 4 is 0 Å². The molecule has 4 N–H and O–H groups in total. The smallest absolute Gasteiger partial charge is 0.0982 e. The molecule has 7 atom stereocenters. The number of fused-ring (bicyclic) bond motifs is 5. The zero-order valence-electron chi connectivity index (χ0n) is 13.0. The lowest BCUT2D eigenvalue weighted by Gasteiger charge is -2.31. The molecule has 3 aliphatic carbocycles. The SMILES string of the molecule is CONNC1CC2CC1C1CC(NN(C)O[NH+](C)[O-])CC21. The molecule has 122 valence electrons. The Morgan fingerprint density at radius 2 is 1.90 bits per heavy atom. The second-order valence-corrected chi connectivity index (χ2v) is 6.66. The maximum absolute atomic E-state index is 11.0. The molecule has 0 spiro atoms. The van der Waals surface area contributed by atoms with Crippen molar-refractivity contribution in [1.82, 2.24) is 21.6 Å². The number of rotatable bonds is 7. The number of nitrogens with zero attached hydrogens (tertiary/aromatic N) is 1. The Morgan fingerprint density at radius 1 is 1.14 bits per heavy atom. The third-order valence-electron chi connectivity index (χ3n) is 5.44. The lowest BCUT2D eigenvalue weighted by molar-refractivity contribution is -1.07. The molecule has 0 aromatic carbocycles. The quantitative estimate of drug-likeness (QED) is 0.437. The highest BCUT2D eigenvalue weighted by Crippen LogP contribution is 2.58. The summed E-state index contributed by atoms with van der Waals surface area (Å²) in [6.45, 7) is 0. The Morgan fingerprint density at radius 3 is 2.62 bits per heavy atom. The van der Waals surface area contributed by atoms with E-state index in [9.17, 15) is 5.21 Å². The van der Waals surface area contributed by atoms with Crippen molar-refractivity contribution in [3.8, 4) is 0 Å². The minimum Gasteiger partial charge on any atom is -0.599 e. The molecule has 0 radical (unpaired) electrons. The molecule has 21 heavy (non-hydrogen) atoms. The lowest BCUT2D eigenvalue weighted by Crippen LogP contribution is -3.04. The maximum atomic E-state index is 11.0. The van der Waals surface area contributed by atoms with Gasteiger partial charge in [0.2, 0.25) is 0 Å². The molecule has 7 unspecified atom stereocenters. The molecule has 3 fully saturated rings. The van der Waals surface area contributed by atoms with Gasteiger partial charge in [-0.05, 0) is 49.4 Å². The van der Waals surface area contributed by atoms with Crippen LogP contribution in [0.25, 0.3) is 0 Å². The van der Waals surface area contributed by atoms with E-state index in [1.807, 2.05) is 0 Å². The average molecular weight is 301 g/mol. The van der Waals surface area contributed by atoms with Crippen molar-refractivity contribution in [2.24, 2.45) is 23.7 Å². The van der Waals surface area contributed by atoms with Crippen LogP contribution >= 0.6 is 0 Å². The molecule has 0 heterocycles. The normalized spacial score (nSPS) is 42.7. The molecule has 3 rings (SSSR count). The van der Waals surface area contributed by atoms with Crippen LogP contribution in [-0.4, -0.2) is 38.5 Å². The van der Waals surface area contributed by atoms with Gasteiger partial charge >= 0.3 is 0 Å². The minimum absolute atomic E-state index is 0.293. The lowest BCUT2D eigenvalue weighted by atomic mass is 9.79. The molecular formula is C13H27N5O3. The summed E-state index contributed by atoms with van der Waals surface area (Å²) in [5.74, 6) is 3.14. The zero-order valence-corrected chi connectivity index (χ0v) is 13.0. The zero-order chi connectivity index (χ0) is 15.0. The van der Waals surface area contributed by atoms with Crippen LogP contribution < -0.4 is 21.7 Å². The Kier molecular flexibility index (Phi) is 4.77. The van der Waals surface area contributed by atoms with Gasteiger partial charge < -0.3 is 5.21 Å². The van der Waals surface area contributed by atoms with Crippen molar-refractivity contribution in [1.29, 1.82) is 0 Å². The topological polar surface area (TPSA) is 85.3 Å². The molecule has 8 nitrogen and oxygen atoms in total. The fraction of sp³-hybridized carbons (Fsp3) is 1.00. The summed E-state index contributed by atoms with van der Waals surface area (Å²) >= 11 is 0. The number of nitrogens with one attached hydrogen (secondary N) is 4. The van der Waals surface area contributed by atoms with E-state index in [4.69, 9.17) is 9.78 Å². The molecule has 3 aliphatic rings. The van der Waals surface area contributed by atoms with Gasteiger partial charge in [0.05, 0.1) is 14.2 Å². The van der Waals surface area contributed by atoms with Crippen LogP contribution in [0.15, 0.2) is 0 Å². The molecule has 0 amide bonds. The van der Waals surface area contributed by atoms with Crippen LogP contribution in [0.4, 0.5) is 0 Å². The van der Waals surface area contributed by atoms with Gasteiger partial charge in [0.1, 0.15) is 0 Å². The summed E-state index contributed by atoms with van der Waals surface area (Å²) < 4.78 is 0. The van der Waals surface area contributed by atoms with E-state index in [0.29, 0.717) is 12.1 Å². The van der Waals surface area contributed by atoms with Gasteiger partial charge in [-0.15, -0.1) is 5.59 Å². The first-order chi connectivity index (χ1) is 10.1. The number of hydrogen-bond acceptors (Lipinski definition) is 7. The van der Waals surface area contributed by atoms with Gasteiger partial charge in [-0.3, -0.25) is 4.84 Å². The first-order valence-electron chi connectivity index (χ1n) is 7.80. The summed E-state index contributed by atoms with van der Waals surface area (Å²) in [6.07, 6.45) is 4.91. The van der Waals surface area contributed by atoms with Crippen LogP contribution in [-0.2, 0) is 9.78 Å². The summed E-state index contributed by atoms with van der Waals surface area (Å²) in [5, 5.41) is 12.1. The Labute approximate surface area is 125 Å². The predicted octanol–water partition coefficient (Wildman–Crippen LogP) is -1.26. The highest BCUT2D eigenvalue weighted by molar-refractivity contribution is 5.07. The van der Waals surface area contributed by atoms with Gasteiger partial charge in [0.25, 0.3) is 0 Å². The monoisotopic (exact) mass is 301 g/mol. The van der Waals surface area contributed by atoms with Gasteiger partial charge in [-0.1, -0.05) is 10.1 Å². The highest BCUT2D eigenvalue weighted by Gasteiger charge is 2.56. The van der Waals surface area contributed by atoms with E-state index in [0.717, 1.165) is 30.1 Å². The van der Waals surface area contributed by atoms with Crippen molar-refractivity contribution < 1.29 is 15.0 Å². The van der Waals surface area contributed by atoms with Gasteiger partial charge in [0, 0.05) is 19.1 Å². The van der Waals surface area contributed by atoms with Crippen molar-refractivity contribution in [3.05, 3.63) is 5.21 Å². The highest BCUT2D eigenvalue weighted by atomic mass is 17.0. The van der Waals surface area contributed by atoms with Crippen LogP contribution in [0, 0.1) is 28.9 Å². The molecule has 0 aromatic heterocycles. The third-order valence-corrected chi connectivity index (χ3v) is 5.44. The fourth-order valence-electron chi connectivity index (χ4n) is 4.95. The molecule has 2 bridgehead atoms. The van der Waals surface area contributed by atoms with E-state index in [1.165, 1.54) is 31.5 Å². The fourth-order valence-corrected chi connectivity index (χ4v) is 4.95. The number of hydrogen-bond donors (Lipinski definition) is 4. The first-order valence-corrected chi connectivity index (χ1v) is 7.80. The second kappa shape index (κ2) is 6.43. The van der Waals surface area contributed by atoms with Crippen LogP contribution in [0.5, 0.6) is 0 Å². The van der Waals surface area contributed by atoms with Crippen molar-refractivity contribution in [3.63, 3.8) is 0 Å². The van der Waals surface area contributed by atoms with Crippen LogP contribution in [0.3, 0.4) is 0 Å². The van der Waals surface area contributed by atoms with Gasteiger partial charge in [-0.2, -0.15) is 0 Å². The van der Waals surface area contributed by atoms with Crippen LogP contribution in [0.2, 0.25) is 0 Å². The van der Waals surface area contributed by atoms with Gasteiger partial charge in [0.15, 0.2) is 0 Å². The molecule has 3 saturated carbocycles. The molecule has 0 saturated heterocycles. The van der Waals surface area contributed by atoms with E-state index in [2.05, 4.69) is 16.4 Å². The summed E-state index contributed by atoms with van der Waals surface area (Å²) in [6, 6.07) is 0.921. The number of quaternary nitrogens is 1. The van der Waals surface area contributed by atoms with Crippen molar-refractivity contribution in [2.75, 3.05) is 21.2 Å². The van der Waals surface area contributed by atoms with E-state index in [-0.39, 0.29) is 5.23 Å². The summed E-state index contributed by atoms with van der Waals surface area (Å²) in [5.41, 5.74) is 9.37. The van der Waals surface area contributed by atoms with E-state index < -0.39 is 0 Å². The van der Waals surface area contributed by atoms with E-state index in [1.54, 1.807) is 14.2 Å². The van der Waals surface area contributed by atoms with Gasteiger partial charge in [-0.25, -0.2) is 16.1 Å². The summed E-state index contributed by atoms with van der Waals surface area (Å²) in [7, 11) is 4.79. The van der Waals surface area contributed by atoms with Crippen LogP contribution in [0.1, 0.15) is 25.7 Å². The predicted molar refractivity (Wildman–Crippen MR) is 75.5 cm³/mol. The Bertz CT molecular complexity index is 359. The largest absolute Gasteiger partial charge is 0.599 e. The third kappa shape index (κ3) is 3.22. The summed E-state index contributed by atoms with van der Waals surface area (Å²) in [4.78, 5) is 9.93. The molecule has 0 aromatic rings. The van der Waals surface area contributed by atoms with Crippen molar-refractivity contribution in [2.45, 2.75) is 37.8 Å². The van der Waals surface area contributed by atoms with E-state index >= 15 is 0 Å². The average Bonchev–Trinajstić information content (AvgIpc) is 3.05. The second-order valence-electron chi connectivity index (χ2n) is 6.66. The number of hydroxylamine groups is 3. The molecular weight excluding hydrogens is 274 g/mol. The molecule has 0 aliphatic heterocycles. The Balaban J connectivity index is 1.51. The maximum Gasteiger partial charge on any atom is 0.0982 e. The first kappa shape index (κ1) is 15.6. The minimum atomic E-state index is -0.293.